The van der Waals surface area contributed by atoms with E-state index in [4.69, 9.17) is 51.8 Å². The van der Waals surface area contributed by atoms with Gasteiger partial charge in [-0.2, -0.15) is 0 Å². The summed E-state index contributed by atoms with van der Waals surface area (Å²) in [6.07, 6.45) is -48.8. The van der Waals surface area contributed by atoms with Gasteiger partial charge < -0.3 is 154 Å². The first-order valence-electron chi connectivity index (χ1n) is 23.7. The minimum atomic E-state index is -2.23. The van der Waals surface area contributed by atoms with Gasteiger partial charge in [0.1, 0.15) is 145 Å². The fourth-order valence-corrected chi connectivity index (χ4v) is 9.46. The normalized spacial score (nSPS) is 41.8. The van der Waals surface area contributed by atoms with Gasteiger partial charge in [0.25, 0.3) is 0 Å². The van der Waals surface area contributed by atoms with Crippen molar-refractivity contribution in [3.63, 3.8) is 0 Å². The fourth-order valence-electron chi connectivity index (χ4n) is 9.46. The molecule has 0 amide bonds. The van der Waals surface area contributed by atoms with E-state index < -0.39 is 232 Å². The molecule has 0 bridgehead atoms. The summed E-state index contributed by atoms with van der Waals surface area (Å²) in [5.74, 6) is -3.90. The second-order valence-corrected chi connectivity index (χ2v) is 18.7. The lowest BCUT2D eigenvalue weighted by atomic mass is 9.95. The average Bonchev–Trinajstić information content (AvgIpc) is 3.46. The van der Waals surface area contributed by atoms with Crippen LogP contribution in [0.15, 0.2) is 39.5 Å². The Morgan fingerprint density at radius 3 is 1.18 bits per heavy atom. The minimum absolute atomic E-state index is 0.134. The highest BCUT2D eigenvalue weighted by atomic mass is 16.8. The minimum Gasteiger partial charge on any atom is -0.508 e. The van der Waals surface area contributed by atoms with Crippen molar-refractivity contribution in [2.24, 2.45) is 0 Å². The molecule has 0 spiro atoms. The summed E-state index contributed by atoms with van der Waals surface area (Å²) in [7, 11) is 0. The third-order valence-electron chi connectivity index (χ3n) is 13.7. The van der Waals surface area contributed by atoms with Crippen molar-refractivity contribution in [3.8, 4) is 40.1 Å². The smallest absolute Gasteiger partial charge is 0.239 e. The van der Waals surface area contributed by atoms with Gasteiger partial charge in [-0.1, -0.05) is 0 Å². The van der Waals surface area contributed by atoms with Gasteiger partial charge >= 0.3 is 0 Å². The average molecular weight is 1110 g/mol. The third-order valence-corrected chi connectivity index (χ3v) is 13.7. The van der Waals surface area contributed by atoms with Crippen LogP contribution in [0.25, 0.3) is 22.3 Å². The molecule has 5 saturated heterocycles. The van der Waals surface area contributed by atoms with Crippen LogP contribution in [0.4, 0.5) is 0 Å². The molecule has 0 saturated carbocycles. The van der Waals surface area contributed by atoms with Crippen LogP contribution in [-0.2, 0) is 42.6 Å². The highest BCUT2D eigenvalue weighted by molar-refractivity contribution is 5.88. The quantitative estimate of drug-likeness (QED) is 0.0592. The summed E-state index contributed by atoms with van der Waals surface area (Å²) < 4.78 is 62.0. The van der Waals surface area contributed by atoms with Gasteiger partial charge in [0.2, 0.25) is 17.5 Å². The maximum Gasteiger partial charge on any atom is 0.239 e. The molecule has 5 aliphatic heterocycles. The molecule has 5 fully saturated rings. The number of phenols is 4. The summed E-state index contributed by atoms with van der Waals surface area (Å²) in [5.41, 5.74) is -1.66. The lowest BCUT2D eigenvalue weighted by Crippen LogP contribution is -2.68. The zero-order valence-corrected chi connectivity index (χ0v) is 39.7. The molecule has 20 N–H and O–H groups in total. The first-order chi connectivity index (χ1) is 36.6. The number of aliphatic hydroxyl groups is 16. The number of phenolic OH excluding ortho intramolecular Hbond substituents is 4. The Hall–Kier alpha value is -4.35. The molecule has 3 aromatic rings. The molecule has 2 aromatic carbocycles. The molecule has 32 nitrogen and oxygen atoms in total. The predicted octanol–water partition coefficient (Wildman–Crippen LogP) is -9.24. The molecule has 25 atom stereocenters. The maximum atomic E-state index is 13.9. The Labute approximate surface area is 431 Å². The van der Waals surface area contributed by atoms with Crippen molar-refractivity contribution < 1.29 is 154 Å². The van der Waals surface area contributed by atoms with Crippen molar-refractivity contribution >= 4 is 11.0 Å². The fraction of sp³-hybridized carbons (Fsp3) is 0.667. The van der Waals surface area contributed by atoms with Crippen LogP contribution in [0.5, 0.6) is 28.7 Å². The second-order valence-electron chi connectivity index (χ2n) is 18.7. The number of aliphatic hydroxyl groups excluding tert-OH is 16. The lowest BCUT2D eigenvalue weighted by Gasteiger charge is -2.49. The highest BCUT2D eigenvalue weighted by Gasteiger charge is 2.57. The number of rotatable bonds is 16. The largest absolute Gasteiger partial charge is 0.508 e. The number of aromatic hydroxyl groups is 4. The van der Waals surface area contributed by atoms with Crippen molar-refractivity contribution in [2.45, 2.75) is 154 Å². The van der Waals surface area contributed by atoms with Crippen molar-refractivity contribution in [2.75, 3.05) is 33.0 Å². The Kier molecular flexibility index (Phi) is 18.5. The molecule has 32 heteroatoms. The molecular weight excluding hydrogens is 1050 g/mol. The van der Waals surface area contributed by atoms with E-state index in [1.807, 2.05) is 0 Å². The van der Waals surface area contributed by atoms with Gasteiger partial charge in [-0.25, -0.2) is 0 Å². The molecule has 0 aliphatic carbocycles. The first-order valence-corrected chi connectivity index (χ1v) is 23.7. The first kappa shape index (κ1) is 58.8. The Morgan fingerprint density at radius 2 is 0.779 bits per heavy atom. The highest BCUT2D eigenvalue weighted by Crippen LogP contribution is 2.41. The topological polar surface area (TPSA) is 527 Å². The van der Waals surface area contributed by atoms with E-state index in [0.29, 0.717) is 0 Å². The van der Waals surface area contributed by atoms with Crippen LogP contribution in [0.2, 0.25) is 0 Å². The summed E-state index contributed by atoms with van der Waals surface area (Å²) in [5, 5.41) is 212. The predicted molar refractivity (Wildman–Crippen MR) is 240 cm³/mol. The number of benzene rings is 2. The van der Waals surface area contributed by atoms with Crippen molar-refractivity contribution in [1.29, 1.82) is 0 Å². The van der Waals surface area contributed by atoms with Crippen LogP contribution in [-0.4, -0.2) is 289 Å². The number of hydrogen-bond donors (Lipinski definition) is 20. The molecule has 77 heavy (non-hydrogen) atoms. The van der Waals surface area contributed by atoms with E-state index in [1.165, 1.54) is 6.07 Å². The number of fused-ring (bicyclic) bond motifs is 1. The van der Waals surface area contributed by atoms with Crippen LogP contribution >= 0.6 is 0 Å². The van der Waals surface area contributed by atoms with Gasteiger partial charge in [-0.15, -0.1) is 0 Å². The molecule has 8 rings (SSSR count). The maximum absolute atomic E-state index is 13.9. The van der Waals surface area contributed by atoms with E-state index in [1.54, 1.807) is 0 Å². The van der Waals surface area contributed by atoms with Gasteiger partial charge in [0.15, 0.2) is 42.4 Å². The summed E-state index contributed by atoms with van der Waals surface area (Å²) in [4.78, 5) is 13.9. The number of ether oxygens (including phenoxy) is 10. The molecule has 6 heterocycles. The molecule has 432 valence electrons. The third kappa shape index (κ3) is 11.4. The Balaban J connectivity index is 0.920. The van der Waals surface area contributed by atoms with Crippen LogP contribution in [0.3, 0.4) is 0 Å². The Bertz CT molecular complexity index is 2510. The molecule has 1 aromatic heterocycles. The van der Waals surface area contributed by atoms with Crippen molar-refractivity contribution in [1.82, 2.24) is 0 Å². The van der Waals surface area contributed by atoms with Crippen LogP contribution in [0.1, 0.15) is 0 Å². The molecule has 0 unspecified atom stereocenters. The monoisotopic (exact) mass is 1110 g/mol. The van der Waals surface area contributed by atoms with Crippen molar-refractivity contribution in [3.05, 3.63) is 40.6 Å². The van der Waals surface area contributed by atoms with E-state index in [2.05, 4.69) is 0 Å². The SMILES string of the molecule is O=c1c(O[C@@H]2O[C@H](CO)[C@@H](O[C@@H]3O[C@H](CO)[C@@H](O[C@@H]4O[C@H](CO)[C@@H](O[C@@H]5O[C@H](CO)[C@@H](O[C@@H]6O[C@H](CO)[C@@H](O)[C@H](O)[C@H]6O)[C@H](O)[C@H]5O)[C@H](O)[C@H]4O)[C@H](O)[C@H]3O)[C@H](O)[C@H]2O)c(-c2ccc(O)c(O)c2)oc2cc(O)cc(O)c12. The van der Waals surface area contributed by atoms with Gasteiger partial charge in [0.05, 0.1) is 33.0 Å². The second kappa shape index (κ2) is 24.2. The van der Waals surface area contributed by atoms with Gasteiger partial charge in [0, 0.05) is 17.7 Å². The zero-order valence-electron chi connectivity index (χ0n) is 39.7. The summed E-state index contributed by atoms with van der Waals surface area (Å²) in [6, 6.07) is 4.91. The van der Waals surface area contributed by atoms with E-state index in [0.717, 1.165) is 24.3 Å². The summed E-state index contributed by atoms with van der Waals surface area (Å²) >= 11 is 0. The van der Waals surface area contributed by atoms with E-state index in [-0.39, 0.29) is 11.1 Å². The number of hydrogen-bond acceptors (Lipinski definition) is 32. The standard InChI is InChI=1S/C45H60O32/c46-6-17-23(55)25(57)30(62)41(68-17)73-36-18(7-47)69-42(31(63)26(36)58)74-37-19(8-48)70-43(32(64)27(37)59)75-38-20(9-49)71-44(33(65)28(38)60)76-39-21(10-50)72-45(34(66)29(39)61)77-40-24(56)22-15(54)4-12(51)5-16(22)67-35(40)11-1-2-13(52)14(53)3-11/h1-5,17-21,23,25-34,36-39,41-55,57-66H,6-10H2/t17-,18-,19-,20-,21-,23-,25+,26-,27-,28-,29-,30-,31-,32-,33-,34-,36-,37-,38-,39-,41+,42+,43+,44+,45+/m1/s1. The van der Waals surface area contributed by atoms with E-state index >= 15 is 0 Å². The van der Waals surface area contributed by atoms with Crippen LogP contribution < -0.4 is 10.2 Å². The van der Waals surface area contributed by atoms with Gasteiger partial charge in [-0.05, 0) is 18.2 Å². The lowest BCUT2D eigenvalue weighted by molar-refractivity contribution is -0.392. The Morgan fingerprint density at radius 1 is 0.403 bits per heavy atom. The molecule has 0 radical (unpaired) electrons. The van der Waals surface area contributed by atoms with Gasteiger partial charge in [-0.3, -0.25) is 4.79 Å². The van der Waals surface area contributed by atoms with Crippen LogP contribution in [0, 0.1) is 0 Å². The molecule has 5 aliphatic rings. The van der Waals surface area contributed by atoms with E-state index in [9.17, 15) is 107 Å². The summed E-state index contributed by atoms with van der Waals surface area (Å²) in [6.45, 7) is -4.96. The molecular formula is C45H60O32. The zero-order chi connectivity index (χ0) is 56.1.